The van der Waals surface area contributed by atoms with Crippen LogP contribution in [0.3, 0.4) is 0 Å². The highest BCUT2D eigenvalue weighted by atomic mass is 32.2. The molecule has 2 rings (SSSR count). The summed E-state index contributed by atoms with van der Waals surface area (Å²) < 4.78 is 62.9. The van der Waals surface area contributed by atoms with Gasteiger partial charge in [0.05, 0.1) is 15.4 Å². The summed E-state index contributed by atoms with van der Waals surface area (Å²) in [5.41, 5.74) is -1.63. The van der Waals surface area contributed by atoms with E-state index < -0.39 is 37.1 Å². The molecule has 0 aromatic heterocycles. The Morgan fingerprint density at radius 1 is 1.04 bits per heavy atom. The first-order valence-electron chi connectivity index (χ1n) is 6.21. The summed E-state index contributed by atoms with van der Waals surface area (Å²) in [6, 6.07) is 6.80. The lowest BCUT2D eigenvalue weighted by Gasteiger charge is -2.09. The van der Waals surface area contributed by atoms with Crippen LogP contribution in [0.25, 0.3) is 0 Å². The first-order valence-corrected chi connectivity index (χ1v) is 7.69. The highest BCUT2D eigenvalue weighted by molar-refractivity contribution is 7.91. The Bertz CT molecular complexity index is 859. The van der Waals surface area contributed by atoms with Gasteiger partial charge in [-0.1, -0.05) is 17.7 Å². The molecule has 9 heteroatoms. The van der Waals surface area contributed by atoms with E-state index in [-0.39, 0.29) is 11.0 Å². The quantitative estimate of drug-likeness (QED) is 0.627. The minimum Gasteiger partial charge on any atom is -0.258 e. The first kappa shape index (κ1) is 16.9. The van der Waals surface area contributed by atoms with Gasteiger partial charge in [0.1, 0.15) is 4.90 Å². The smallest absolute Gasteiger partial charge is 0.258 e. The van der Waals surface area contributed by atoms with E-state index in [1.165, 1.54) is 24.3 Å². The van der Waals surface area contributed by atoms with Crippen LogP contribution in [-0.4, -0.2) is 13.3 Å². The maximum absolute atomic E-state index is 12.7. The SMILES string of the molecule is Cc1ccc(S(=O)(=O)c2ccc(C(F)(F)F)cc2[N+](=O)[O-])cc1. The molecule has 0 aliphatic rings. The van der Waals surface area contributed by atoms with Crippen molar-refractivity contribution in [2.24, 2.45) is 0 Å². The fourth-order valence-corrected chi connectivity index (χ4v) is 3.31. The molecule has 0 amide bonds. The molecule has 0 fully saturated rings. The number of halogens is 3. The van der Waals surface area contributed by atoms with Crippen LogP contribution in [0.15, 0.2) is 52.3 Å². The van der Waals surface area contributed by atoms with Gasteiger partial charge in [-0.3, -0.25) is 10.1 Å². The zero-order valence-electron chi connectivity index (χ0n) is 11.7. The second kappa shape index (κ2) is 5.65. The molecular formula is C14H10F3NO4S. The molecule has 5 nitrogen and oxygen atoms in total. The van der Waals surface area contributed by atoms with Crippen LogP contribution in [0, 0.1) is 17.0 Å². The minimum absolute atomic E-state index is 0.223. The average molecular weight is 345 g/mol. The summed E-state index contributed by atoms with van der Waals surface area (Å²) in [4.78, 5) is 8.86. The van der Waals surface area contributed by atoms with E-state index in [0.29, 0.717) is 12.1 Å². The zero-order chi connectivity index (χ0) is 17.4. The lowest BCUT2D eigenvalue weighted by Crippen LogP contribution is -2.10. The third-order valence-electron chi connectivity index (χ3n) is 3.10. The van der Waals surface area contributed by atoms with Gasteiger partial charge in [0, 0.05) is 6.07 Å². The molecule has 0 saturated carbocycles. The molecule has 0 radical (unpaired) electrons. The number of sulfone groups is 1. The van der Waals surface area contributed by atoms with Crippen LogP contribution in [0.2, 0.25) is 0 Å². The predicted octanol–water partition coefficient (Wildman–Crippen LogP) is 3.75. The molecule has 122 valence electrons. The topological polar surface area (TPSA) is 77.3 Å². The van der Waals surface area contributed by atoms with E-state index >= 15 is 0 Å². The summed E-state index contributed by atoms with van der Waals surface area (Å²) in [5, 5.41) is 11.0. The van der Waals surface area contributed by atoms with E-state index in [9.17, 15) is 31.7 Å². The number of alkyl halides is 3. The van der Waals surface area contributed by atoms with Crippen LogP contribution in [0.1, 0.15) is 11.1 Å². The number of benzene rings is 2. The Balaban J connectivity index is 2.67. The van der Waals surface area contributed by atoms with Crippen molar-refractivity contribution in [2.75, 3.05) is 0 Å². The van der Waals surface area contributed by atoms with Crippen molar-refractivity contribution in [1.82, 2.24) is 0 Å². The number of nitrogens with zero attached hydrogens (tertiary/aromatic N) is 1. The summed E-state index contributed by atoms with van der Waals surface area (Å²) in [6.45, 7) is 1.72. The van der Waals surface area contributed by atoms with Gasteiger partial charge in [-0.05, 0) is 31.2 Å². The fourth-order valence-electron chi connectivity index (χ4n) is 1.91. The minimum atomic E-state index is -4.81. The maximum Gasteiger partial charge on any atom is 0.416 e. The molecule has 0 bridgehead atoms. The van der Waals surface area contributed by atoms with Crippen LogP contribution >= 0.6 is 0 Å². The summed E-state index contributed by atoms with van der Waals surface area (Å²) in [5.74, 6) is 0. The van der Waals surface area contributed by atoms with Gasteiger partial charge >= 0.3 is 6.18 Å². The van der Waals surface area contributed by atoms with Crippen LogP contribution in [0.5, 0.6) is 0 Å². The number of rotatable bonds is 3. The van der Waals surface area contributed by atoms with Crippen molar-refractivity contribution in [3.8, 4) is 0 Å². The van der Waals surface area contributed by atoms with E-state index in [1.807, 2.05) is 0 Å². The molecule has 0 heterocycles. The van der Waals surface area contributed by atoms with Crippen molar-refractivity contribution in [2.45, 2.75) is 22.9 Å². The molecule has 0 unspecified atom stereocenters. The Labute approximate surface area is 129 Å². The summed E-state index contributed by atoms with van der Waals surface area (Å²) >= 11 is 0. The maximum atomic E-state index is 12.7. The molecule has 23 heavy (non-hydrogen) atoms. The van der Waals surface area contributed by atoms with Crippen LogP contribution in [0.4, 0.5) is 18.9 Å². The lowest BCUT2D eigenvalue weighted by molar-refractivity contribution is -0.388. The third-order valence-corrected chi connectivity index (χ3v) is 4.92. The Morgan fingerprint density at radius 2 is 1.61 bits per heavy atom. The molecule has 0 saturated heterocycles. The number of aryl methyl sites for hydroxylation is 1. The van der Waals surface area contributed by atoms with Gasteiger partial charge in [0.2, 0.25) is 9.84 Å². The lowest BCUT2D eigenvalue weighted by atomic mass is 10.2. The van der Waals surface area contributed by atoms with Gasteiger partial charge in [-0.2, -0.15) is 13.2 Å². The molecule has 0 aliphatic heterocycles. The zero-order valence-corrected chi connectivity index (χ0v) is 12.5. The number of hydrogen-bond acceptors (Lipinski definition) is 4. The van der Waals surface area contributed by atoms with Gasteiger partial charge in [-0.15, -0.1) is 0 Å². The van der Waals surface area contributed by atoms with E-state index in [4.69, 9.17) is 0 Å². The predicted molar refractivity (Wildman–Crippen MR) is 74.7 cm³/mol. The Hall–Kier alpha value is -2.42. The Morgan fingerprint density at radius 3 is 2.09 bits per heavy atom. The van der Waals surface area contributed by atoms with Gasteiger partial charge in [-0.25, -0.2) is 8.42 Å². The summed E-state index contributed by atoms with van der Waals surface area (Å²) in [6.07, 6.45) is -4.81. The van der Waals surface area contributed by atoms with Crippen LogP contribution < -0.4 is 0 Å². The molecule has 0 aliphatic carbocycles. The summed E-state index contributed by atoms with van der Waals surface area (Å²) in [7, 11) is -4.30. The molecule has 0 atom stereocenters. The fraction of sp³-hybridized carbons (Fsp3) is 0.143. The largest absolute Gasteiger partial charge is 0.416 e. The van der Waals surface area contributed by atoms with E-state index in [0.717, 1.165) is 5.56 Å². The first-order chi connectivity index (χ1) is 10.5. The standard InChI is InChI=1S/C14H10F3NO4S/c1-9-2-5-11(6-3-9)23(21,22)13-7-4-10(14(15,16)17)8-12(13)18(19)20/h2-8H,1H3. The molecular weight excluding hydrogens is 335 g/mol. The average Bonchev–Trinajstić information content (AvgIpc) is 2.46. The van der Waals surface area contributed by atoms with Crippen molar-refractivity contribution < 1.29 is 26.5 Å². The van der Waals surface area contributed by atoms with Gasteiger partial charge < -0.3 is 0 Å². The number of hydrogen-bond donors (Lipinski definition) is 0. The molecule has 0 spiro atoms. The normalized spacial score (nSPS) is 12.2. The van der Waals surface area contributed by atoms with Gasteiger partial charge in [0.15, 0.2) is 0 Å². The van der Waals surface area contributed by atoms with E-state index in [2.05, 4.69) is 0 Å². The Kier molecular flexibility index (Phi) is 4.16. The van der Waals surface area contributed by atoms with Gasteiger partial charge in [0.25, 0.3) is 5.69 Å². The number of nitro benzene ring substituents is 1. The second-order valence-corrected chi connectivity index (χ2v) is 6.67. The highest BCUT2D eigenvalue weighted by Crippen LogP contribution is 2.36. The number of nitro groups is 1. The molecule has 0 N–H and O–H groups in total. The van der Waals surface area contributed by atoms with Crippen molar-refractivity contribution in [3.05, 3.63) is 63.7 Å². The highest BCUT2D eigenvalue weighted by Gasteiger charge is 2.35. The second-order valence-electron chi connectivity index (χ2n) is 4.75. The van der Waals surface area contributed by atoms with E-state index in [1.54, 1.807) is 6.92 Å². The monoisotopic (exact) mass is 345 g/mol. The van der Waals surface area contributed by atoms with Crippen molar-refractivity contribution >= 4 is 15.5 Å². The molecule has 2 aromatic carbocycles. The van der Waals surface area contributed by atoms with Crippen molar-refractivity contribution in [3.63, 3.8) is 0 Å². The third kappa shape index (κ3) is 3.34. The molecule has 2 aromatic rings. The van der Waals surface area contributed by atoms with Crippen LogP contribution in [-0.2, 0) is 16.0 Å². The van der Waals surface area contributed by atoms with Crippen molar-refractivity contribution in [1.29, 1.82) is 0 Å².